The van der Waals surface area contributed by atoms with Crippen LogP contribution < -0.4 is 0 Å². The molecule has 97 heavy (non-hydrogen) atoms. The predicted molar refractivity (Wildman–Crippen MR) is 440 cm³/mol. The number of fused-ring (bicyclic) bond motifs is 3. The molecule has 0 N–H and O–H groups in total. The summed E-state index contributed by atoms with van der Waals surface area (Å²) in [4.78, 5) is 0. The lowest BCUT2D eigenvalue weighted by molar-refractivity contribution is -0.0545. The Labute approximate surface area is 626 Å². The van der Waals surface area contributed by atoms with Gasteiger partial charge in [-0.15, -0.1) is 0 Å². The molecule has 0 aliphatic heterocycles. The van der Waals surface area contributed by atoms with Gasteiger partial charge in [0.25, 0.3) is 0 Å². The molecule has 0 aromatic rings. The summed E-state index contributed by atoms with van der Waals surface area (Å²) in [6, 6.07) is 0. The maximum absolute atomic E-state index is 7.25. The van der Waals surface area contributed by atoms with Crippen LogP contribution in [0.1, 0.15) is 499 Å². The maximum atomic E-state index is 7.25. The van der Waals surface area contributed by atoms with Crippen molar-refractivity contribution in [3.8, 4) is 0 Å². The maximum Gasteiger partial charge on any atom is 0.0269 e. The van der Waals surface area contributed by atoms with Crippen molar-refractivity contribution in [1.29, 1.82) is 0 Å². The summed E-state index contributed by atoms with van der Waals surface area (Å²) < 4.78 is 49.4. The molecule has 0 saturated heterocycles. The first-order chi connectivity index (χ1) is 47.2. The Morgan fingerprint density at radius 2 is 0.670 bits per heavy atom. The molecule has 15 aliphatic carbocycles. The smallest absolute Gasteiger partial charge is 0.0269 e. The zero-order valence-electron chi connectivity index (χ0n) is 79.3. The molecule has 0 unspecified atom stereocenters. The molecule has 0 heterocycles. The van der Waals surface area contributed by atoms with Gasteiger partial charge in [0.05, 0.1) is 0 Å². The third-order valence-corrected chi connectivity index (χ3v) is 29.2. The second-order valence-electron chi connectivity index (χ2n) is 45.7. The first-order valence-corrected chi connectivity index (χ1v) is 43.7. The van der Waals surface area contributed by atoms with Gasteiger partial charge in [-0.3, -0.25) is 0 Å². The lowest BCUT2D eigenvalue weighted by atomic mass is 9.49. The van der Waals surface area contributed by atoms with E-state index < -0.39 is 25.0 Å². The number of hydrogen-bond acceptors (Lipinski definition) is 0. The normalized spacial score (nSPS) is 34.3. The lowest BCUT2D eigenvalue weighted by Crippen LogP contribution is -2.45. The highest BCUT2D eigenvalue weighted by Crippen LogP contribution is 2.63. The van der Waals surface area contributed by atoms with Crippen molar-refractivity contribution >= 4 is 0 Å². The van der Waals surface area contributed by atoms with Crippen molar-refractivity contribution in [1.82, 2.24) is 0 Å². The van der Waals surface area contributed by atoms with Gasteiger partial charge in [0.15, 0.2) is 0 Å². The van der Waals surface area contributed by atoms with E-state index in [1.165, 1.54) is 186 Å². The van der Waals surface area contributed by atoms with Crippen LogP contribution in [-0.2, 0) is 0 Å². The molecule has 0 aromatic heterocycles. The highest BCUT2D eigenvalue weighted by Gasteiger charge is 2.51. The molecule has 0 nitrogen and oxygen atoms in total. The van der Waals surface area contributed by atoms with Gasteiger partial charge < -0.3 is 0 Å². The SMILES string of the molecule is CC(C)(C)C.CC1CCC2(CC1)CC(C)(C)CC(C)(C)C2.CC1CCC2(CC1)CCC(C)(C)CC2.CC1CCC2(CCCC2)CC1.CC1CCC2(CCCCC2)CC1.CCC12CC3CC(CC(C3)C1)C2.C[C@@H]1C2CCC(CC2)C1(C)C.[2H]C([2H])(C)C(C)(C)C.[2H]C([2H])(C)C(C)C.[2H]C([2H])([2H])C(C)(C)C. The van der Waals surface area contributed by atoms with Crippen molar-refractivity contribution in [3.05, 3.63) is 0 Å². The van der Waals surface area contributed by atoms with Crippen LogP contribution >= 0.6 is 0 Å². The summed E-state index contributed by atoms with van der Waals surface area (Å²) in [6.07, 6.45) is 63.5. The van der Waals surface area contributed by atoms with Crippen LogP contribution in [0.25, 0.3) is 0 Å². The fourth-order valence-corrected chi connectivity index (χ4v) is 22.8. The van der Waals surface area contributed by atoms with Crippen LogP contribution in [0.3, 0.4) is 0 Å². The summed E-state index contributed by atoms with van der Waals surface area (Å²) in [5.41, 5.74) is 6.19. The zero-order valence-corrected chi connectivity index (χ0v) is 72.3. The summed E-state index contributed by atoms with van der Waals surface area (Å²) in [5, 5.41) is 0. The summed E-state index contributed by atoms with van der Waals surface area (Å²) in [5.74, 6) is 10.7. The van der Waals surface area contributed by atoms with Crippen molar-refractivity contribution in [3.63, 3.8) is 0 Å². The largest absolute Gasteiger partial charge is 0.0651 e. The minimum atomic E-state index is -1.81. The Bertz CT molecular complexity index is 2220. The molecule has 15 fully saturated rings. The first kappa shape index (κ1) is 78.1. The number of hydrogen-bond donors (Lipinski definition) is 0. The van der Waals surface area contributed by atoms with E-state index in [-0.39, 0.29) is 11.3 Å². The highest BCUT2D eigenvalue weighted by atomic mass is 14.6. The molecule has 15 saturated carbocycles. The van der Waals surface area contributed by atoms with Gasteiger partial charge in [0.2, 0.25) is 0 Å². The average Bonchev–Trinajstić information content (AvgIpc) is 0.779. The van der Waals surface area contributed by atoms with Crippen molar-refractivity contribution in [2.75, 3.05) is 0 Å². The van der Waals surface area contributed by atoms with E-state index in [2.05, 4.69) is 125 Å². The molecule has 0 amide bonds. The predicted octanol–water partition coefficient (Wildman–Crippen LogP) is 33.8. The Morgan fingerprint density at radius 1 is 0.381 bits per heavy atom. The van der Waals surface area contributed by atoms with Crippen LogP contribution in [-0.4, -0.2) is 0 Å². The zero-order chi connectivity index (χ0) is 79.3. The summed E-state index contributed by atoms with van der Waals surface area (Å²) in [7, 11) is 0. The second kappa shape index (κ2) is 38.5. The molecule has 0 aromatic carbocycles. The fraction of sp³-hybridized carbons (Fsp3) is 1.00. The van der Waals surface area contributed by atoms with Gasteiger partial charge in [-0.1, -0.05) is 303 Å². The quantitative estimate of drug-likeness (QED) is 0.259. The average molecular weight is 1360 g/mol. The minimum absolute atomic E-state index is 0.132. The van der Waals surface area contributed by atoms with Gasteiger partial charge in [-0.25, -0.2) is 0 Å². The lowest BCUT2D eigenvalue weighted by Gasteiger charge is -2.56. The van der Waals surface area contributed by atoms with Crippen LogP contribution in [0.5, 0.6) is 0 Å². The van der Waals surface area contributed by atoms with E-state index in [9.17, 15) is 0 Å². The molecule has 15 aliphatic rings. The summed E-state index contributed by atoms with van der Waals surface area (Å²) >= 11 is 0. The molecule has 576 valence electrons. The number of rotatable bonds is 2. The Hall–Kier alpha value is 0. The topological polar surface area (TPSA) is 0 Å². The van der Waals surface area contributed by atoms with Crippen molar-refractivity contribution < 1.29 is 9.60 Å². The molecule has 15 rings (SSSR count). The van der Waals surface area contributed by atoms with E-state index in [1.54, 1.807) is 125 Å². The van der Waals surface area contributed by atoms with E-state index in [0.29, 0.717) is 32.5 Å². The van der Waals surface area contributed by atoms with E-state index in [0.717, 1.165) is 80.8 Å². The summed E-state index contributed by atoms with van der Waals surface area (Å²) in [6.45, 7) is 59.1. The van der Waals surface area contributed by atoms with Crippen molar-refractivity contribution in [2.24, 2.45) is 130 Å². The first-order valence-electron chi connectivity index (χ1n) is 47.2. The molecule has 4 spiro atoms. The molecule has 0 heteroatoms. The van der Waals surface area contributed by atoms with E-state index in [4.69, 9.17) is 9.60 Å². The van der Waals surface area contributed by atoms with Gasteiger partial charge >= 0.3 is 0 Å². The standard InChI is InChI=1S/C16H30.C14H26.C12H20.C12H22.2C11H20.C6H14.3C5H12/c1-13-6-8-16(9-7-13)11-14(2,3)10-15(4,5)12-16;1-12-4-6-14(7-5-12)10-8-13(2,3)9-11-14;1-2-12-6-9-3-10(7-12)5-11(4-9)8-12;1-11-5-9-12(10-6-11)7-3-2-4-8-12;1-8-9-4-6-10(7-5-9)11(8,2)3;1-10-4-8-11(9-5-10)6-2-3-7-11;1-5-6(2,3)4;2*1-5(2,3)4;1-4-5(2)3/h13H,6-12H2,1-5H3;12H,4-11H2,1-3H3;9-11H,2-8H2,1H3;11H,2-10H2,1H3;8-10H,4-7H2,1-3H3;10H,2-9H2,1H3;5H2,1-4H3;2*1-4H3;5H,4H2,1-3H3/t;;;;8-,9?,10?;;;;;/m....1...../s1/i;;;;;;5D2;1D3;;4D2. The van der Waals surface area contributed by atoms with Crippen molar-refractivity contribution in [2.45, 2.75) is 490 Å². The third-order valence-electron chi connectivity index (χ3n) is 29.2. The van der Waals surface area contributed by atoms with E-state index in [1.807, 2.05) is 34.6 Å². The third kappa shape index (κ3) is 33.1. The van der Waals surface area contributed by atoms with Gasteiger partial charge in [-0.05, 0) is 316 Å². The molecule has 0 radical (unpaired) electrons. The molecule has 6 bridgehead atoms. The van der Waals surface area contributed by atoms with Crippen LogP contribution in [0.2, 0.25) is 0 Å². The Morgan fingerprint density at radius 3 is 0.918 bits per heavy atom. The van der Waals surface area contributed by atoms with Crippen LogP contribution in [0.4, 0.5) is 0 Å². The fourth-order valence-electron chi connectivity index (χ4n) is 22.8. The molecule has 1 atom stereocenters. The van der Waals surface area contributed by atoms with Gasteiger partial charge in [0.1, 0.15) is 0 Å². The molecular formula is C97H188. The Kier molecular flexibility index (Phi) is 31.0. The van der Waals surface area contributed by atoms with Gasteiger partial charge in [0, 0.05) is 9.60 Å². The van der Waals surface area contributed by atoms with E-state index >= 15 is 0 Å². The Balaban J connectivity index is 0.000000248. The second-order valence-corrected chi connectivity index (χ2v) is 45.7. The minimum Gasteiger partial charge on any atom is -0.0651 e. The van der Waals surface area contributed by atoms with Crippen LogP contribution in [0.15, 0.2) is 0 Å². The monoisotopic (exact) mass is 1360 g/mol. The van der Waals surface area contributed by atoms with Crippen LogP contribution in [0, 0.1) is 130 Å². The van der Waals surface area contributed by atoms with Gasteiger partial charge in [-0.2, -0.15) is 0 Å². The highest BCUT2D eigenvalue weighted by molar-refractivity contribution is 5.02. The molecular weight excluding hydrogens is 1170 g/mol.